The standard InChI is InChI=1S/C41H51N3O5S/c1-25(2)43-33-18-12-27(5)23-31(33)40(6,7)36(43)20-15-28-13-14-29(38(28)42-22-10-11-35(42)39(45)46)16-21-37-41(8,9)32-24-30(50(47,48)49)17-19-34(32)44(37)26(3)4/h12,15-21,23-26,35H,10-11,13-14,22H2,1-9H3,(H-,45,46,47,48,49)/p+1. The van der Waals surface area contributed by atoms with Crippen molar-refractivity contribution in [1.82, 2.24) is 0 Å². The first-order valence-corrected chi connectivity index (χ1v) is 19.3. The summed E-state index contributed by atoms with van der Waals surface area (Å²) in [6.07, 6.45) is 11.8. The third-order valence-corrected chi connectivity index (χ3v) is 11.9. The summed E-state index contributed by atoms with van der Waals surface area (Å²) in [5.74, 6) is -0.793. The van der Waals surface area contributed by atoms with E-state index in [1.807, 2.05) is 0 Å². The Morgan fingerprint density at radius 3 is 1.82 bits per heavy atom. The van der Waals surface area contributed by atoms with E-state index in [2.05, 4.69) is 119 Å². The number of rotatable bonds is 6. The first-order chi connectivity index (χ1) is 23.4. The molecule has 0 bridgehead atoms. The fraction of sp³-hybridized carbons (Fsp3) is 0.463. The monoisotopic (exact) mass is 698 g/mol. The molecule has 0 amide bonds. The van der Waals surface area contributed by atoms with Crippen molar-refractivity contribution in [1.29, 1.82) is 0 Å². The third kappa shape index (κ3) is 5.96. The number of hydrogen-bond acceptors (Lipinski definition) is 5. The van der Waals surface area contributed by atoms with Gasteiger partial charge in [-0.15, -0.1) is 0 Å². The maximum atomic E-state index is 12.5. The Kier molecular flexibility index (Phi) is 9.09. The molecule has 8 nitrogen and oxygen atoms in total. The van der Waals surface area contributed by atoms with Crippen LogP contribution in [0.4, 0.5) is 11.4 Å². The van der Waals surface area contributed by atoms with Crippen LogP contribution in [0.3, 0.4) is 0 Å². The van der Waals surface area contributed by atoms with E-state index in [9.17, 15) is 22.9 Å². The summed E-state index contributed by atoms with van der Waals surface area (Å²) < 4.78 is 36.0. The number of carbonyl (C=O) groups is 1. The molecular formula is C41H52N3O5S+. The molecule has 6 rings (SSSR count). The van der Waals surface area contributed by atoms with Gasteiger partial charge in [0.05, 0.1) is 4.90 Å². The molecule has 266 valence electrons. The average molecular weight is 699 g/mol. The minimum absolute atomic E-state index is 0.0902. The molecule has 1 atom stereocenters. The van der Waals surface area contributed by atoms with Crippen LogP contribution >= 0.6 is 0 Å². The fourth-order valence-electron chi connectivity index (χ4n) is 8.63. The average Bonchev–Trinajstić information content (AvgIpc) is 3.76. The maximum Gasteiger partial charge on any atom is 0.372 e. The highest BCUT2D eigenvalue weighted by molar-refractivity contribution is 7.85. The molecule has 1 saturated carbocycles. The zero-order valence-corrected chi connectivity index (χ0v) is 31.7. The lowest BCUT2D eigenvalue weighted by atomic mass is 9.83. The lowest BCUT2D eigenvalue weighted by Crippen LogP contribution is -2.33. The molecule has 1 aliphatic carbocycles. The lowest BCUT2D eigenvalue weighted by Gasteiger charge is -2.30. The molecule has 4 aliphatic rings. The Morgan fingerprint density at radius 1 is 0.840 bits per heavy atom. The van der Waals surface area contributed by atoms with Gasteiger partial charge in [0, 0.05) is 69.7 Å². The van der Waals surface area contributed by atoms with Gasteiger partial charge in [0.1, 0.15) is 6.54 Å². The van der Waals surface area contributed by atoms with Crippen LogP contribution in [0.5, 0.6) is 0 Å². The van der Waals surface area contributed by atoms with Gasteiger partial charge in [-0.1, -0.05) is 57.5 Å². The molecule has 2 N–H and O–H groups in total. The van der Waals surface area contributed by atoms with E-state index in [0.29, 0.717) is 13.0 Å². The van der Waals surface area contributed by atoms with E-state index < -0.39 is 27.5 Å². The van der Waals surface area contributed by atoms with Crippen LogP contribution in [0, 0.1) is 6.92 Å². The largest absolute Gasteiger partial charge is 0.476 e. The zero-order valence-electron chi connectivity index (χ0n) is 30.9. The zero-order chi connectivity index (χ0) is 36.5. The summed E-state index contributed by atoms with van der Waals surface area (Å²) in [5, 5.41) is 10.3. The maximum absolute atomic E-state index is 12.5. The van der Waals surface area contributed by atoms with E-state index in [1.165, 1.54) is 28.6 Å². The molecule has 2 aromatic carbocycles. The van der Waals surface area contributed by atoms with Crippen molar-refractivity contribution in [2.45, 2.75) is 122 Å². The van der Waals surface area contributed by atoms with Crippen LogP contribution < -0.4 is 9.80 Å². The summed E-state index contributed by atoms with van der Waals surface area (Å²) in [7, 11) is -4.36. The van der Waals surface area contributed by atoms with Gasteiger partial charge in [-0.2, -0.15) is 8.42 Å². The normalized spacial score (nSPS) is 26.0. The Morgan fingerprint density at radius 2 is 1.34 bits per heavy atom. The molecular weight excluding hydrogens is 647 g/mol. The molecule has 3 aliphatic heterocycles. The van der Waals surface area contributed by atoms with Crippen molar-refractivity contribution in [2.75, 3.05) is 16.3 Å². The summed E-state index contributed by atoms with van der Waals surface area (Å²) >= 11 is 0. The van der Waals surface area contributed by atoms with Gasteiger partial charge in [-0.3, -0.25) is 4.55 Å². The van der Waals surface area contributed by atoms with Crippen molar-refractivity contribution in [3.8, 4) is 0 Å². The topological polar surface area (TPSA) is 101 Å². The number of aliphatic carboxylic acids is 1. The van der Waals surface area contributed by atoms with E-state index in [1.54, 1.807) is 12.1 Å². The highest BCUT2D eigenvalue weighted by atomic mass is 32.2. The predicted molar refractivity (Wildman–Crippen MR) is 201 cm³/mol. The number of nitrogens with zero attached hydrogens (tertiary/aromatic N) is 3. The minimum Gasteiger partial charge on any atom is -0.476 e. The second-order valence-electron chi connectivity index (χ2n) is 15.9. The Hall–Kier alpha value is -3.95. The number of carboxylic acid groups (broad SMARTS) is 1. The van der Waals surface area contributed by atoms with Gasteiger partial charge in [-0.05, 0) is 95.0 Å². The molecule has 1 saturated heterocycles. The number of hydrogen-bond donors (Lipinski definition) is 2. The molecule has 1 unspecified atom stereocenters. The van der Waals surface area contributed by atoms with Crippen molar-refractivity contribution < 1.29 is 27.4 Å². The van der Waals surface area contributed by atoms with E-state index in [-0.39, 0.29) is 22.4 Å². The molecule has 50 heavy (non-hydrogen) atoms. The Bertz CT molecular complexity index is 2030. The quantitative estimate of drug-likeness (QED) is 0.233. The predicted octanol–water partition coefficient (Wildman–Crippen LogP) is 8.07. The van der Waals surface area contributed by atoms with E-state index >= 15 is 0 Å². The van der Waals surface area contributed by atoms with E-state index in [0.717, 1.165) is 53.1 Å². The first kappa shape index (κ1) is 35.9. The van der Waals surface area contributed by atoms with Crippen LogP contribution in [-0.2, 0) is 25.7 Å². The molecule has 9 heteroatoms. The van der Waals surface area contributed by atoms with Gasteiger partial charge in [0.25, 0.3) is 10.1 Å². The number of allylic oxidation sites excluding steroid dienone is 8. The molecule has 3 heterocycles. The third-order valence-electron chi connectivity index (χ3n) is 11.1. The molecule has 2 aromatic rings. The van der Waals surface area contributed by atoms with Crippen molar-refractivity contribution in [3.05, 3.63) is 99.9 Å². The van der Waals surface area contributed by atoms with Gasteiger partial charge < -0.3 is 14.9 Å². The summed E-state index contributed by atoms with van der Waals surface area (Å²) in [6, 6.07) is 11.3. The summed E-state index contributed by atoms with van der Waals surface area (Å²) in [6.45, 7) is 20.2. The van der Waals surface area contributed by atoms with Gasteiger partial charge in [0.15, 0.2) is 0 Å². The van der Waals surface area contributed by atoms with Crippen molar-refractivity contribution in [2.24, 2.45) is 0 Å². The molecule has 0 radical (unpaired) electrons. The lowest BCUT2D eigenvalue weighted by molar-refractivity contribution is -0.531. The highest BCUT2D eigenvalue weighted by Gasteiger charge is 2.44. The molecule has 2 fully saturated rings. The summed E-state index contributed by atoms with van der Waals surface area (Å²) in [4.78, 5) is 17.1. The minimum atomic E-state index is -4.36. The smallest absolute Gasteiger partial charge is 0.372 e. The van der Waals surface area contributed by atoms with Crippen molar-refractivity contribution in [3.63, 3.8) is 0 Å². The number of benzene rings is 2. The van der Waals surface area contributed by atoms with Gasteiger partial charge in [-0.25, -0.2) is 9.37 Å². The molecule has 0 spiro atoms. The van der Waals surface area contributed by atoms with E-state index in [4.69, 9.17) is 0 Å². The van der Waals surface area contributed by atoms with Crippen LogP contribution in [0.1, 0.15) is 97.8 Å². The van der Waals surface area contributed by atoms with Crippen LogP contribution in [-0.4, -0.2) is 59.0 Å². The second-order valence-corrected chi connectivity index (χ2v) is 17.3. The Labute approximate surface area is 297 Å². The number of anilines is 2. The Balaban J connectivity index is 1.47. The first-order valence-electron chi connectivity index (χ1n) is 17.9. The second kappa shape index (κ2) is 12.7. The van der Waals surface area contributed by atoms with Gasteiger partial charge in [0.2, 0.25) is 11.8 Å². The van der Waals surface area contributed by atoms with Crippen molar-refractivity contribution >= 4 is 33.2 Å². The summed E-state index contributed by atoms with van der Waals surface area (Å²) in [5.41, 5.74) is 10.3. The SMILES string of the molecule is Cc1ccc2c(c1)C(C)(C)C(=CC=C1CC/C(=C\C=C3\N(C(C)C)c4ccc(S(=O)(=O)O)cc4C3(C)C)C1=[N+]1CCCC1C(=O)O)N2C(C)C. The van der Waals surface area contributed by atoms with Crippen LogP contribution in [0.15, 0.2) is 88.1 Å². The molecule has 0 aromatic heterocycles. The number of aryl methyl sites for hydroxylation is 1. The van der Waals surface area contributed by atoms with Crippen LogP contribution in [0.25, 0.3) is 0 Å². The van der Waals surface area contributed by atoms with Crippen LogP contribution in [0.2, 0.25) is 0 Å². The highest BCUT2D eigenvalue weighted by Crippen LogP contribution is 2.51. The fourth-order valence-corrected chi connectivity index (χ4v) is 9.14. The number of fused-ring (bicyclic) bond motifs is 2. The number of carboxylic acids is 1. The van der Waals surface area contributed by atoms with Gasteiger partial charge >= 0.3 is 5.97 Å².